The fourth-order valence-corrected chi connectivity index (χ4v) is 2.49. The van der Waals surface area contributed by atoms with E-state index in [1.165, 1.54) is 6.20 Å². The fourth-order valence-electron chi connectivity index (χ4n) is 2.49. The van der Waals surface area contributed by atoms with Crippen molar-refractivity contribution >= 4 is 5.95 Å². The fraction of sp³-hybridized carbons (Fsp3) is 0.714. The van der Waals surface area contributed by atoms with Crippen molar-refractivity contribution in [1.29, 1.82) is 0 Å². The molecule has 21 heavy (non-hydrogen) atoms. The molecule has 1 aromatic heterocycles. The average molecular weight is 302 g/mol. The summed E-state index contributed by atoms with van der Waals surface area (Å²) in [4.78, 5) is 9.64. The van der Waals surface area contributed by atoms with Crippen LogP contribution in [-0.4, -0.2) is 35.1 Å². The smallest absolute Gasteiger partial charge is 0.337 e. The molecule has 0 radical (unpaired) electrons. The molecule has 1 N–H and O–H groups in total. The van der Waals surface area contributed by atoms with Gasteiger partial charge in [0.05, 0.1) is 0 Å². The number of anilines is 1. The van der Waals surface area contributed by atoms with E-state index < -0.39 is 11.9 Å². The molecule has 1 atom stereocenters. The molecule has 118 valence electrons. The third-order valence-corrected chi connectivity index (χ3v) is 3.58. The Bertz CT molecular complexity index is 462. The molecule has 0 bridgehead atoms. The monoisotopic (exact) mass is 302 g/mol. The van der Waals surface area contributed by atoms with Gasteiger partial charge in [-0.2, -0.15) is 13.2 Å². The van der Waals surface area contributed by atoms with Gasteiger partial charge in [-0.05, 0) is 25.3 Å². The Kier molecular flexibility index (Phi) is 5.03. The van der Waals surface area contributed by atoms with E-state index in [-0.39, 0.29) is 12.0 Å². The molecule has 0 aromatic carbocycles. The van der Waals surface area contributed by atoms with Crippen molar-refractivity contribution in [1.82, 2.24) is 15.3 Å². The molecule has 7 heteroatoms. The lowest BCUT2D eigenvalue weighted by molar-refractivity contribution is -0.141. The number of alkyl halides is 3. The topological polar surface area (TPSA) is 41.0 Å². The van der Waals surface area contributed by atoms with Crippen molar-refractivity contribution in [2.45, 2.75) is 51.4 Å². The molecule has 0 amide bonds. The number of nitrogens with one attached hydrogen (secondary N) is 1. The molecule has 2 rings (SSSR count). The Morgan fingerprint density at radius 1 is 1.38 bits per heavy atom. The van der Waals surface area contributed by atoms with Crippen LogP contribution >= 0.6 is 0 Å². The Morgan fingerprint density at radius 2 is 2.14 bits per heavy atom. The summed E-state index contributed by atoms with van der Waals surface area (Å²) in [5.74, 6) is 0.181. The summed E-state index contributed by atoms with van der Waals surface area (Å²) >= 11 is 0. The number of hydrogen-bond acceptors (Lipinski definition) is 4. The van der Waals surface area contributed by atoms with Gasteiger partial charge in [-0.15, -0.1) is 0 Å². The van der Waals surface area contributed by atoms with Crippen molar-refractivity contribution in [3.63, 3.8) is 0 Å². The second-order valence-electron chi connectivity index (χ2n) is 5.65. The van der Waals surface area contributed by atoms with E-state index in [0.717, 1.165) is 31.9 Å². The molecule has 1 aromatic rings. The van der Waals surface area contributed by atoms with Crippen molar-refractivity contribution in [2.24, 2.45) is 0 Å². The highest BCUT2D eigenvalue weighted by atomic mass is 19.4. The number of aromatic nitrogens is 2. The van der Waals surface area contributed by atoms with E-state index in [0.29, 0.717) is 12.6 Å². The van der Waals surface area contributed by atoms with Gasteiger partial charge in [-0.1, -0.05) is 13.8 Å². The van der Waals surface area contributed by atoms with Crippen molar-refractivity contribution in [2.75, 3.05) is 18.0 Å². The summed E-state index contributed by atoms with van der Waals surface area (Å²) < 4.78 is 38.3. The third kappa shape index (κ3) is 4.30. The van der Waals surface area contributed by atoms with Crippen LogP contribution in [0.25, 0.3) is 0 Å². The first-order valence-electron chi connectivity index (χ1n) is 7.28. The Labute approximate surface area is 122 Å². The van der Waals surface area contributed by atoms with Gasteiger partial charge >= 0.3 is 6.18 Å². The quantitative estimate of drug-likeness (QED) is 0.928. The summed E-state index contributed by atoms with van der Waals surface area (Å²) in [7, 11) is 0. The molecular weight excluding hydrogens is 281 g/mol. The maximum absolute atomic E-state index is 12.8. The van der Waals surface area contributed by atoms with Gasteiger partial charge in [0.25, 0.3) is 0 Å². The van der Waals surface area contributed by atoms with Gasteiger partial charge in [0.15, 0.2) is 0 Å². The van der Waals surface area contributed by atoms with Crippen molar-refractivity contribution < 1.29 is 13.2 Å². The maximum Gasteiger partial charge on any atom is 0.433 e. The molecule has 2 heterocycles. The number of rotatable bonds is 4. The van der Waals surface area contributed by atoms with Crippen molar-refractivity contribution in [3.8, 4) is 0 Å². The first kappa shape index (κ1) is 16.0. The van der Waals surface area contributed by atoms with E-state index in [4.69, 9.17) is 0 Å². The molecule has 0 spiro atoms. The van der Waals surface area contributed by atoms with Crippen LogP contribution in [0, 0.1) is 0 Å². The second-order valence-corrected chi connectivity index (χ2v) is 5.65. The molecule has 0 saturated carbocycles. The van der Waals surface area contributed by atoms with Crippen LogP contribution in [0.2, 0.25) is 0 Å². The summed E-state index contributed by atoms with van der Waals surface area (Å²) in [6.45, 7) is 5.53. The Morgan fingerprint density at radius 3 is 2.81 bits per heavy atom. The van der Waals surface area contributed by atoms with Crippen LogP contribution in [0.4, 0.5) is 19.1 Å². The van der Waals surface area contributed by atoms with Crippen LogP contribution in [0.15, 0.2) is 12.3 Å². The molecule has 1 saturated heterocycles. The minimum atomic E-state index is -4.43. The van der Waals surface area contributed by atoms with Gasteiger partial charge in [-0.3, -0.25) is 0 Å². The van der Waals surface area contributed by atoms with Crippen molar-refractivity contribution in [3.05, 3.63) is 18.0 Å². The highest BCUT2D eigenvalue weighted by Gasteiger charge is 2.34. The first-order chi connectivity index (χ1) is 9.88. The highest BCUT2D eigenvalue weighted by molar-refractivity contribution is 5.33. The van der Waals surface area contributed by atoms with Crippen LogP contribution in [0.1, 0.15) is 38.8 Å². The minimum Gasteiger partial charge on any atom is -0.337 e. The first-order valence-corrected chi connectivity index (χ1v) is 7.28. The molecule has 0 aliphatic carbocycles. The second kappa shape index (κ2) is 6.60. The molecule has 1 fully saturated rings. The molecule has 1 aliphatic rings. The normalized spacial score (nSPS) is 20.1. The largest absolute Gasteiger partial charge is 0.433 e. The lowest BCUT2D eigenvalue weighted by atomic mass is 10.0. The summed E-state index contributed by atoms with van der Waals surface area (Å²) in [6, 6.07) is 1.40. The van der Waals surface area contributed by atoms with E-state index in [1.54, 1.807) is 0 Å². The predicted octanol–water partition coefficient (Wildman–Crippen LogP) is 2.85. The lowest BCUT2D eigenvalue weighted by Crippen LogP contribution is -2.47. The maximum atomic E-state index is 12.8. The summed E-state index contributed by atoms with van der Waals surface area (Å²) in [5.41, 5.74) is -0.881. The third-order valence-electron chi connectivity index (χ3n) is 3.58. The standard InChI is InChI=1S/C14H21F3N4/c1-10(2)19-9-11-5-3-4-8-21(11)13-18-7-6-12(20-13)14(15,16)17/h6-7,10-11,19H,3-5,8-9H2,1-2H3. The number of nitrogens with zero attached hydrogens (tertiary/aromatic N) is 3. The zero-order valence-electron chi connectivity index (χ0n) is 12.3. The minimum absolute atomic E-state index is 0.143. The molecule has 1 unspecified atom stereocenters. The molecule has 1 aliphatic heterocycles. The number of hydrogen-bond donors (Lipinski definition) is 1. The highest BCUT2D eigenvalue weighted by Crippen LogP contribution is 2.29. The average Bonchev–Trinajstić information content (AvgIpc) is 2.44. The van der Waals surface area contributed by atoms with Crippen LogP contribution in [0.3, 0.4) is 0 Å². The number of piperidine rings is 1. The van der Waals surface area contributed by atoms with E-state index in [2.05, 4.69) is 15.3 Å². The van der Waals surface area contributed by atoms with E-state index in [1.807, 2.05) is 18.7 Å². The Hall–Kier alpha value is -1.37. The van der Waals surface area contributed by atoms with Gasteiger partial charge in [0, 0.05) is 31.4 Å². The zero-order chi connectivity index (χ0) is 15.5. The zero-order valence-corrected chi connectivity index (χ0v) is 12.3. The van der Waals surface area contributed by atoms with E-state index >= 15 is 0 Å². The van der Waals surface area contributed by atoms with Gasteiger partial charge < -0.3 is 10.2 Å². The summed E-state index contributed by atoms with van der Waals surface area (Å²) in [6.07, 6.45) is -0.261. The Balaban J connectivity index is 2.17. The van der Waals surface area contributed by atoms with Gasteiger partial charge in [0.2, 0.25) is 5.95 Å². The van der Waals surface area contributed by atoms with Crippen LogP contribution in [-0.2, 0) is 6.18 Å². The molecule has 4 nitrogen and oxygen atoms in total. The lowest BCUT2D eigenvalue weighted by Gasteiger charge is -2.36. The predicted molar refractivity (Wildman–Crippen MR) is 75.2 cm³/mol. The number of halogens is 3. The summed E-state index contributed by atoms with van der Waals surface area (Å²) in [5, 5.41) is 3.34. The van der Waals surface area contributed by atoms with Gasteiger partial charge in [0.1, 0.15) is 5.69 Å². The van der Waals surface area contributed by atoms with Crippen LogP contribution < -0.4 is 10.2 Å². The van der Waals surface area contributed by atoms with Crippen LogP contribution in [0.5, 0.6) is 0 Å². The van der Waals surface area contributed by atoms with Gasteiger partial charge in [-0.25, -0.2) is 9.97 Å². The van der Waals surface area contributed by atoms with E-state index in [9.17, 15) is 13.2 Å². The molecular formula is C14H21F3N4. The SMILES string of the molecule is CC(C)NCC1CCCCN1c1nccc(C(F)(F)F)n1.